The molecule has 4 rings (SSSR count). The Kier molecular flexibility index (Phi) is 6.53. The molecule has 2 heterocycles. The minimum absolute atomic E-state index is 0.0985. The number of aliphatic carboxylic acids is 1. The van der Waals surface area contributed by atoms with E-state index >= 15 is 0 Å². The summed E-state index contributed by atoms with van der Waals surface area (Å²) in [5, 5.41) is 15.0. The van der Waals surface area contributed by atoms with E-state index in [1.165, 1.54) is 0 Å². The summed E-state index contributed by atoms with van der Waals surface area (Å²) >= 11 is 7.95. The molecular formula is C23H22ClN3O3S. The average Bonchev–Trinajstić information content (AvgIpc) is 3.12. The van der Waals surface area contributed by atoms with E-state index in [1.54, 1.807) is 11.3 Å². The maximum atomic E-state index is 10.9. The molecule has 2 aromatic heterocycles. The number of hydrogen-bond acceptors (Lipinski definition) is 6. The second-order valence-corrected chi connectivity index (χ2v) is 8.50. The molecule has 8 heteroatoms. The summed E-state index contributed by atoms with van der Waals surface area (Å²) in [6.07, 6.45) is 1.11. The Morgan fingerprint density at radius 1 is 1.23 bits per heavy atom. The van der Waals surface area contributed by atoms with Crippen LogP contribution in [0.25, 0.3) is 20.3 Å². The van der Waals surface area contributed by atoms with Gasteiger partial charge >= 0.3 is 5.97 Å². The van der Waals surface area contributed by atoms with Crippen molar-refractivity contribution >= 4 is 55.0 Å². The number of anilines is 1. The molecule has 0 aliphatic carbocycles. The second kappa shape index (κ2) is 9.49. The zero-order chi connectivity index (χ0) is 21.8. The lowest BCUT2D eigenvalue weighted by Crippen LogP contribution is -2.06. The molecule has 160 valence electrons. The van der Waals surface area contributed by atoms with E-state index in [-0.39, 0.29) is 6.42 Å². The fourth-order valence-corrected chi connectivity index (χ4v) is 4.77. The molecule has 0 saturated carbocycles. The van der Waals surface area contributed by atoms with Crippen LogP contribution in [0.4, 0.5) is 5.82 Å². The molecule has 0 aliphatic rings. The quantitative estimate of drug-likeness (QED) is 0.326. The van der Waals surface area contributed by atoms with Crippen molar-refractivity contribution in [3.8, 4) is 5.75 Å². The second-order valence-electron chi connectivity index (χ2n) is 7.07. The first-order valence-electron chi connectivity index (χ1n) is 10.1. The zero-order valence-electron chi connectivity index (χ0n) is 17.0. The summed E-state index contributed by atoms with van der Waals surface area (Å²) in [4.78, 5) is 21.2. The van der Waals surface area contributed by atoms with E-state index in [4.69, 9.17) is 31.4 Å². The predicted molar refractivity (Wildman–Crippen MR) is 125 cm³/mol. The SMILES string of the molecule is CCOc1ccc(CNc2nc(CCCC(=O)O)nc3sc4ccccc4c23)cc1Cl. The van der Waals surface area contributed by atoms with Crippen molar-refractivity contribution in [2.75, 3.05) is 11.9 Å². The highest BCUT2D eigenvalue weighted by Crippen LogP contribution is 2.36. The van der Waals surface area contributed by atoms with Gasteiger partial charge in [-0.05, 0) is 37.1 Å². The zero-order valence-corrected chi connectivity index (χ0v) is 18.6. The lowest BCUT2D eigenvalue weighted by atomic mass is 10.2. The Morgan fingerprint density at radius 3 is 2.84 bits per heavy atom. The van der Waals surface area contributed by atoms with E-state index in [2.05, 4.69) is 17.4 Å². The molecule has 6 nitrogen and oxygen atoms in total. The molecule has 0 fully saturated rings. The van der Waals surface area contributed by atoms with Crippen LogP contribution in [0.3, 0.4) is 0 Å². The monoisotopic (exact) mass is 455 g/mol. The number of carboxylic acid groups (broad SMARTS) is 1. The summed E-state index contributed by atoms with van der Waals surface area (Å²) in [5.74, 6) is 1.25. The van der Waals surface area contributed by atoms with Gasteiger partial charge in [0.25, 0.3) is 0 Å². The van der Waals surface area contributed by atoms with Crippen molar-refractivity contribution in [2.24, 2.45) is 0 Å². The lowest BCUT2D eigenvalue weighted by molar-refractivity contribution is -0.137. The van der Waals surface area contributed by atoms with Gasteiger partial charge in [-0.25, -0.2) is 9.97 Å². The van der Waals surface area contributed by atoms with Crippen LogP contribution in [-0.2, 0) is 17.8 Å². The largest absolute Gasteiger partial charge is 0.492 e. The Bertz CT molecular complexity index is 1240. The van der Waals surface area contributed by atoms with E-state index < -0.39 is 5.97 Å². The number of nitrogens with zero attached hydrogens (tertiary/aromatic N) is 2. The van der Waals surface area contributed by atoms with Gasteiger partial charge in [0, 0.05) is 29.5 Å². The van der Waals surface area contributed by atoms with Crippen LogP contribution in [0.15, 0.2) is 42.5 Å². The Hall–Kier alpha value is -2.90. The van der Waals surface area contributed by atoms with E-state index in [0.29, 0.717) is 42.6 Å². The van der Waals surface area contributed by atoms with Gasteiger partial charge in [-0.2, -0.15) is 0 Å². The fourth-order valence-electron chi connectivity index (χ4n) is 3.42. The topological polar surface area (TPSA) is 84.3 Å². The molecule has 4 aromatic rings. The van der Waals surface area contributed by atoms with Crippen molar-refractivity contribution in [1.29, 1.82) is 0 Å². The fraction of sp³-hybridized carbons (Fsp3) is 0.261. The van der Waals surface area contributed by atoms with Gasteiger partial charge in [-0.3, -0.25) is 4.79 Å². The lowest BCUT2D eigenvalue weighted by Gasteiger charge is -2.11. The minimum atomic E-state index is -0.811. The molecule has 0 atom stereocenters. The normalized spacial score (nSPS) is 11.2. The molecule has 0 amide bonds. The highest BCUT2D eigenvalue weighted by Gasteiger charge is 2.15. The molecule has 31 heavy (non-hydrogen) atoms. The Balaban J connectivity index is 1.65. The minimum Gasteiger partial charge on any atom is -0.492 e. The summed E-state index contributed by atoms with van der Waals surface area (Å²) in [7, 11) is 0. The Labute approximate surface area is 188 Å². The van der Waals surface area contributed by atoms with E-state index in [9.17, 15) is 4.79 Å². The first-order valence-corrected chi connectivity index (χ1v) is 11.3. The molecule has 0 aliphatic heterocycles. The number of carbonyl (C=O) groups is 1. The van der Waals surface area contributed by atoms with Crippen LogP contribution in [0.5, 0.6) is 5.75 Å². The number of fused-ring (bicyclic) bond motifs is 3. The number of rotatable bonds is 9. The smallest absolute Gasteiger partial charge is 0.303 e. The van der Waals surface area contributed by atoms with Crippen molar-refractivity contribution in [3.63, 3.8) is 0 Å². The number of nitrogens with one attached hydrogen (secondary N) is 1. The third-order valence-electron chi connectivity index (χ3n) is 4.83. The summed E-state index contributed by atoms with van der Waals surface area (Å²) in [5.41, 5.74) is 1.01. The number of benzene rings is 2. The molecule has 0 radical (unpaired) electrons. The first-order chi connectivity index (χ1) is 15.0. The standard InChI is InChI=1S/C23H22ClN3O3S/c1-2-30-17-11-10-14(12-16(17)24)13-25-22-21-15-6-3-4-7-18(15)31-23(21)27-19(26-22)8-5-9-20(28)29/h3-4,6-7,10-12H,2,5,8-9,13H2,1H3,(H,28,29)(H,25,26,27). The summed E-state index contributed by atoms with van der Waals surface area (Å²) in [6, 6.07) is 13.9. The molecular weight excluding hydrogens is 434 g/mol. The molecule has 2 N–H and O–H groups in total. The maximum absolute atomic E-state index is 10.9. The molecule has 0 spiro atoms. The van der Waals surface area contributed by atoms with Crippen molar-refractivity contribution in [2.45, 2.75) is 32.7 Å². The van der Waals surface area contributed by atoms with Crippen LogP contribution < -0.4 is 10.1 Å². The van der Waals surface area contributed by atoms with Gasteiger partial charge in [0.2, 0.25) is 0 Å². The van der Waals surface area contributed by atoms with E-state index in [1.807, 2.05) is 37.3 Å². The number of carboxylic acids is 1. The molecule has 0 saturated heterocycles. The number of halogens is 1. The van der Waals surface area contributed by atoms with Crippen LogP contribution >= 0.6 is 22.9 Å². The maximum Gasteiger partial charge on any atom is 0.303 e. The molecule has 0 unspecified atom stereocenters. The van der Waals surface area contributed by atoms with Crippen LogP contribution in [-0.4, -0.2) is 27.7 Å². The third kappa shape index (κ3) is 4.89. The summed E-state index contributed by atoms with van der Waals surface area (Å²) < 4.78 is 6.65. The number of thiophene rings is 1. The van der Waals surface area contributed by atoms with Crippen LogP contribution in [0.2, 0.25) is 5.02 Å². The van der Waals surface area contributed by atoms with Gasteiger partial charge in [0.15, 0.2) is 0 Å². The van der Waals surface area contributed by atoms with Gasteiger partial charge in [-0.1, -0.05) is 35.9 Å². The van der Waals surface area contributed by atoms with Crippen molar-refractivity contribution in [3.05, 3.63) is 58.9 Å². The highest BCUT2D eigenvalue weighted by atomic mass is 35.5. The number of aromatic nitrogens is 2. The van der Waals surface area contributed by atoms with Crippen LogP contribution in [0.1, 0.15) is 31.2 Å². The van der Waals surface area contributed by atoms with Gasteiger partial charge < -0.3 is 15.2 Å². The predicted octanol–water partition coefficient (Wildman–Crippen LogP) is 5.92. The van der Waals surface area contributed by atoms with Gasteiger partial charge in [-0.15, -0.1) is 11.3 Å². The molecule has 0 bridgehead atoms. The first kappa shape index (κ1) is 21.3. The van der Waals surface area contributed by atoms with Gasteiger partial charge in [0.05, 0.1) is 17.0 Å². The third-order valence-corrected chi connectivity index (χ3v) is 6.19. The number of hydrogen-bond donors (Lipinski definition) is 2. The van der Waals surface area contributed by atoms with Crippen molar-refractivity contribution < 1.29 is 14.6 Å². The average molecular weight is 456 g/mol. The van der Waals surface area contributed by atoms with Crippen molar-refractivity contribution in [1.82, 2.24) is 9.97 Å². The highest BCUT2D eigenvalue weighted by molar-refractivity contribution is 7.25. The number of ether oxygens (including phenoxy) is 1. The van der Waals surface area contributed by atoms with Crippen LogP contribution in [0, 0.1) is 0 Å². The summed E-state index contributed by atoms with van der Waals surface area (Å²) in [6.45, 7) is 3.02. The molecule has 2 aromatic carbocycles. The Morgan fingerprint density at radius 2 is 2.06 bits per heavy atom. The van der Waals surface area contributed by atoms with Gasteiger partial charge in [0.1, 0.15) is 22.2 Å². The number of aryl methyl sites for hydroxylation is 1. The van der Waals surface area contributed by atoms with E-state index in [0.717, 1.165) is 31.7 Å².